The topological polar surface area (TPSA) is 47.4 Å². The van der Waals surface area contributed by atoms with Crippen LogP contribution in [0.15, 0.2) is 60.0 Å². The number of carbonyl (C=O) groups is 1. The van der Waals surface area contributed by atoms with Gasteiger partial charge in [-0.25, -0.2) is 4.98 Å². The smallest absolute Gasteiger partial charge is 0.273 e. The van der Waals surface area contributed by atoms with Crippen molar-refractivity contribution in [1.29, 1.82) is 0 Å². The van der Waals surface area contributed by atoms with Crippen LogP contribution in [0.4, 0.5) is 0 Å². The van der Waals surface area contributed by atoms with E-state index in [2.05, 4.69) is 41.0 Å². The molecule has 1 aliphatic heterocycles. The first-order valence-electron chi connectivity index (χ1n) is 10.1. The summed E-state index contributed by atoms with van der Waals surface area (Å²) in [5.41, 5.74) is 5.27. The SMILES string of the molecule is COCCn1c(-c2nc(C(=O)N3CCc4ccccc4C3)cs2)cc2ccccc21. The molecule has 0 saturated carbocycles. The zero-order valence-corrected chi connectivity index (χ0v) is 17.7. The second-order valence-electron chi connectivity index (χ2n) is 7.52. The lowest BCUT2D eigenvalue weighted by molar-refractivity contribution is 0.0729. The normalized spacial score (nSPS) is 13.6. The van der Waals surface area contributed by atoms with E-state index in [1.807, 2.05) is 28.5 Å². The van der Waals surface area contributed by atoms with Crippen molar-refractivity contribution in [2.45, 2.75) is 19.5 Å². The number of carbonyl (C=O) groups excluding carboxylic acids is 1. The fraction of sp³-hybridized carbons (Fsp3) is 0.250. The molecule has 0 bridgehead atoms. The Hall–Kier alpha value is -2.96. The summed E-state index contributed by atoms with van der Waals surface area (Å²) in [7, 11) is 1.71. The van der Waals surface area contributed by atoms with Crippen LogP contribution in [0.25, 0.3) is 21.6 Å². The largest absolute Gasteiger partial charge is 0.383 e. The van der Waals surface area contributed by atoms with E-state index in [1.54, 1.807) is 7.11 Å². The Kier molecular flexibility index (Phi) is 5.11. The molecule has 0 saturated heterocycles. The predicted molar refractivity (Wildman–Crippen MR) is 120 cm³/mol. The van der Waals surface area contributed by atoms with E-state index in [0.717, 1.165) is 35.7 Å². The highest BCUT2D eigenvalue weighted by molar-refractivity contribution is 7.13. The molecule has 0 N–H and O–H groups in total. The third kappa shape index (κ3) is 3.42. The van der Waals surface area contributed by atoms with Gasteiger partial charge in [-0.05, 0) is 29.7 Å². The zero-order chi connectivity index (χ0) is 20.5. The molecule has 0 spiro atoms. The molecule has 5 rings (SSSR count). The number of fused-ring (bicyclic) bond motifs is 2. The number of rotatable bonds is 5. The van der Waals surface area contributed by atoms with Crippen LogP contribution in [0.1, 0.15) is 21.6 Å². The van der Waals surface area contributed by atoms with Crippen molar-refractivity contribution in [1.82, 2.24) is 14.5 Å². The molecule has 5 nitrogen and oxygen atoms in total. The number of hydrogen-bond donors (Lipinski definition) is 0. The lowest BCUT2D eigenvalue weighted by Gasteiger charge is -2.28. The van der Waals surface area contributed by atoms with E-state index in [1.165, 1.54) is 27.8 Å². The fourth-order valence-corrected chi connectivity index (χ4v) is 4.95. The van der Waals surface area contributed by atoms with Gasteiger partial charge in [-0.15, -0.1) is 11.3 Å². The molecule has 152 valence electrons. The van der Waals surface area contributed by atoms with Crippen LogP contribution in [0, 0.1) is 0 Å². The number of methoxy groups -OCH3 is 1. The minimum absolute atomic E-state index is 0.00607. The summed E-state index contributed by atoms with van der Waals surface area (Å²) in [6, 6.07) is 18.8. The number of ether oxygens (including phenoxy) is 1. The first kappa shape index (κ1) is 19.0. The predicted octanol–water partition coefficient (Wildman–Crippen LogP) is 4.61. The molecule has 0 radical (unpaired) electrons. The summed E-state index contributed by atoms with van der Waals surface area (Å²) in [5, 5.41) is 3.92. The van der Waals surface area contributed by atoms with E-state index in [-0.39, 0.29) is 5.91 Å². The molecule has 1 amide bonds. The molecule has 30 heavy (non-hydrogen) atoms. The third-order valence-electron chi connectivity index (χ3n) is 5.69. The van der Waals surface area contributed by atoms with Crippen molar-refractivity contribution in [2.75, 3.05) is 20.3 Å². The number of benzene rings is 2. The van der Waals surface area contributed by atoms with Gasteiger partial charge in [0.2, 0.25) is 0 Å². The van der Waals surface area contributed by atoms with Crippen LogP contribution in [0.2, 0.25) is 0 Å². The highest BCUT2D eigenvalue weighted by Crippen LogP contribution is 2.31. The minimum atomic E-state index is 0.00607. The second kappa shape index (κ2) is 8.05. The number of thiazole rings is 1. The van der Waals surface area contributed by atoms with Crippen molar-refractivity contribution in [3.63, 3.8) is 0 Å². The average molecular weight is 418 g/mol. The van der Waals surface area contributed by atoms with Crippen LogP contribution >= 0.6 is 11.3 Å². The number of nitrogens with zero attached hydrogens (tertiary/aromatic N) is 3. The van der Waals surface area contributed by atoms with Crippen LogP contribution in [0.3, 0.4) is 0 Å². The molecule has 4 aromatic rings. The number of hydrogen-bond acceptors (Lipinski definition) is 4. The van der Waals surface area contributed by atoms with E-state index in [0.29, 0.717) is 18.8 Å². The Balaban J connectivity index is 1.44. The maximum atomic E-state index is 13.1. The van der Waals surface area contributed by atoms with Crippen molar-refractivity contribution < 1.29 is 9.53 Å². The molecular weight excluding hydrogens is 394 g/mol. The Morgan fingerprint density at radius 3 is 2.80 bits per heavy atom. The summed E-state index contributed by atoms with van der Waals surface area (Å²) < 4.78 is 7.53. The highest BCUT2D eigenvalue weighted by atomic mass is 32.1. The molecule has 1 aliphatic rings. The van der Waals surface area contributed by atoms with Gasteiger partial charge in [0, 0.05) is 43.0 Å². The van der Waals surface area contributed by atoms with Gasteiger partial charge in [-0.3, -0.25) is 4.79 Å². The van der Waals surface area contributed by atoms with Crippen LogP contribution in [0.5, 0.6) is 0 Å². The fourth-order valence-electron chi connectivity index (χ4n) is 4.13. The molecular formula is C24H23N3O2S. The summed E-state index contributed by atoms with van der Waals surface area (Å²) in [6.07, 6.45) is 0.893. The van der Waals surface area contributed by atoms with Crippen molar-refractivity contribution in [3.05, 3.63) is 76.8 Å². The molecule has 0 unspecified atom stereocenters. The summed E-state index contributed by atoms with van der Waals surface area (Å²) >= 11 is 1.52. The Morgan fingerprint density at radius 2 is 1.93 bits per heavy atom. The van der Waals surface area contributed by atoms with Gasteiger partial charge in [0.25, 0.3) is 5.91 Å². The maximum absolute atomic E-state index is 13.1. The van der Waals surface area contributed by atoms with Gasteiger partial charge >= 0.3 is 0 Å². The highest BCUT2D eigenvalue weighted by Gasteiger charge is 2.24. The summed E-state index contributed by atoms with van der Waals surface area (Å²) in [4.78, 5) is 19.8. The average Bonchev–Trinajstić information content (AvgIpc) is 3.42. The molecule has 3 heterocycles. The minimum Gasteiger partial charge on any atom is -0.383 e. The lowest BCUT2D eigenvalue weighted by Crippen LogP contribution is -2.36. The molecule has 0 atom stereocenters. The Morgan fingerprint density at radius 1 is 1.13 bits per heavy atom. The monoisotopic (exact) mass is 417 g/mol. The van der Waals surface area contributed by atoms with Gasteiger partial charge in [-0.2, -0.15) is 0 Å². The van der Waals surface area contributed by atoms with Crippen molar-refractivity contribution in [3.8, 4) is 10.7 Å². The Bertz CT molecular complexity index is 1210. The molecule has 6 heteroatoms. The van der Waals surface area contributed by atoms with Gasteiger partial charge in [-0.1, -0.05) is 42.5 Å². The van der Waals surface area contributed by atoms with Gasteiger partial charge < -0.3 is 14.2 Å². The van der Waals surface area contributed by atoms with E-state index in [4.69, 9.17) is 9.72 Å². The maximum Gasteiger partial charge on any atom is 0.273 e. The lowest BCUT2D eigenvalue weighted by atomic mass is 10.00. The first-order chi connectivity index (χ1) is 14.7. The standard InChI is InChI=1S/C24H23N3O2S/c1-29-13-12-27-21-9-5-4-7-18(21)14-22(27)23-25-20(16-30-23)24(28)26-11-10-17-6-2-3-8-19(17)15-26/h2-9,14,16H,10-13,15H2,1H3. The summed E-state index contributed by atoms with van der Waals surface area (Å²) in [6.45, 7) is 2.74. The first-order valence-corrected chi connectivity index (χ1v) is 11.0. The van der Waals surface area contributed by atoms with E-state index in [9.17, 15) is 4.79 Å². The van der Waals surface area contributed by atoms with Crippen molar-refractivity contribution in [2.24, 2.45) is 0 Å². The quantitative estimate of drug-likeness (QED) is 0.476. The van der Waals surface area contributed by atoms with Crippen LogP contribution < -0.4 is 0 Å². The number of para-hydroxylation sites is 1. The summed E-state index contributed by atoms with van der Waals surface area (Å²) in [5.74, 6) is 0.00607. The molecule has 2 aromatic carbocycles. The van der Waals surface area contributed by atoms with Crippen LogP contribution in [-0.4, -0.2) is 40.6 Å². The van der Waals surface area contributed by atoms with E-state index >= 15 is 0 Å². The van der Waals surface area contributed by atoms with Gasteiger partial charge in [0.05, 0.1) is 12.3 Å². The van der Waals surface area contributed by atoms with Crippen LogP contribution in [-0.2, 0) is 24.2 Å². The third-order valence-corrected chi connectivity index (χ3v) is 6.55. The van der Waals surface area contributed by atoms with Crippen molar-refractivity contribution >= 4 is 28.1 Å². The van der Waals surface area contributed by atoms with Gasteiger partial charge in [0.15, 0.2) is 0 Å². The second-order valence-corrected chi connectivity index (χ2v) is 8.37. The van der Waals surface area contributed by atoms with Gasteiger partial charge in [0.1, 0.15) is 10.7 Å². The van der Waals surface area contributed by atoms with E-state index < -0.39 is 0 Å². The molecule has 0 aliphatic carbocycles. The number of aromatic nitrogens is 2. The molecule has 2 aromatic heterocycles. The number of amides is 1. The Labute approximate surface area is 179 Å². The zero-order valence-electron chi connectivity index (χ0n) is 16.9. The molecule has 0 fully saturated rings.